The summed E-state index contributed by atoms with van der Waals surface area (Å²) >= 11 is 3.31. The molecule has 0 rings (SSSR count). The van der Waals surface area contributed by atoms with Crippen LogP contribution < -0.4 is 5.32 Å². The van der Waals surface area contributed by atoms with Crippen molar-refractivity contribution >= 4 is 21.8 Å². The van der Waals surface area contributed by atoms with Crippen molar-refractivity contribution in [2.75, 3.05) is 13.2 Å². The number of nitrogens with one attached hydrogen (secondary N) is 1. The number of carbonyl (C=O) groups excluding carboxylic acids is 1. The van der Waals surface area contributed by atoms with Gasteiger partial charge < -0.3 is 10.4 Å². The van der Waals surface area contributed by atoms with Crippen LogP contribution in [-0.4, -0.2) is 28.5 Å². The first-order chi connectivity index (χ1) is 6.69. The van der Waals surface area contributed by atoms with Gasteiger partial charge in [0.05, 0.1) is 4.32 Å². The van der Waals surface area contributed by atoms with Crippen LogP contribution in [0.5, 0.6) is 0 Å². The van der Waals surface area contributed by atoms with Crippen LogP contribution >= 0.6 is 15.9 Å². The van der Waals surface area contributed by atoms with E-state index < -0.39 is 4.32 Å². The summed E-state index contributed by atoms with van der Waals surface area (Å²) in [6, 6.07) is 0. The Morgan fingerprint density at radius 3 is 2.27 bits per heavy atom. The Labute approximate surface area is 101 Å². The van der Waals surface area contributed by atoms with Crippen LogP contribution in [0.4, 0.5) is 0 Å². The quantitative estimate of drug-likeness (QED) is 0.732. The molecule has 0 bridgehead atoms. The molecular weight excluding hydrogens is 258 g/mol. The summed E-state index contributed by atoms with van der Waals surface area (Å²) in [4.78, 5) is 11.6. The molecule has 0 spiro atoms. The van der Waals surface area contributed by atoms with E-state index in [-0.39, 0.29) is 17.9 Å². The SMILES string of the molecule is CC(C)(CCCO)CNC(=O)C(C)(C)Br. The maximum absolute atomic E-state index is 11.6. The molecule has 0 aliphatic carbocycles. The van der Waals surface area contributed by atoms with Gasteiger partial charge in [-0.3, -0.25) is 4.79 Å². The minimum absolute atomic E-state index is 0.000395. The highest BCUT2D eigenvalue weighted by atomic mass is 79.9. The molecule has 2 N–H and O–H groups in total. The van der Waals surface area contributed by atoms with Crippen LogP contribution in [0.15, 0.2) is 0 Å². The summed E-state index contributed by atoms with van der Waals surface area (Å²) in [7, 11) is 0. The molecule has 0 atom stereocenters. The topological polar surface area (TPSA) is 49.3 Å². The largest absolute Gasteiger partial charge is 0.396 e. The normalized spacial score (nSPS) is 12.7. The smallest absolute Gasteiger partial charge is 0.236 e. The standard InChI is InChI=1S/C11H22BrNO2/c1-10(2,6-5-7-14)8-13-9(15)11(3,4)12/h14H,5-8H2,1-4H3,(H,13,15). The monoisotopic (exact) mass is 279 g/mol. The summed E-state index contributed by atoms with van der Waals surface area (Å²) in [5.74, 6) is -0.000395. The Hall–Kier alpha value is -0.0900. The molecule has 0 radical (unpaired) electrons. The highest BCUT2D eigenvalue weighted by Crippen LogP contribution is 2.22. The van der Waals surface area contributed by atoms with Gasteiger partial charge in [-0.15, -0.1) is 0 Å². The van der Waals surface area contributed by atoms with Gasteiger partial charge in [-0.1, -0.05) is 29.8 Å². The van der Waals surface area contributed by atoms with E-state index in [4.69, 9.17) is 5.11 Å². The van der Waals surface area contributed by atoms with E-state index in [9.17, 15) is 4.79 Å². The lowest BCUT2D eigenvalue weighted by Crippen LogP contribution is -2.42. The zero-order valence-corrected chi connectivity index (χ0v) is 11.6. The molecule has 0 saturated heterocycles. The molecule has 90 valence electrons. The molecule has 15 heavy (non-hydrogen) atoms. The number of rotatable bonds is 6. The van der Waals surface area contributed by atoms with Crippen molar-refractivity contribution in [2.24, 2.45) is 5.41 Å². The number of alkyl halides is 1. The van der Waals surface area contributed by atoms with Gasteiger partial charge in [0.1, 0.15) is 0 Å². The molecule has 0 saturated carbocycles. The Bertz CT molecular complexity index is 209. The third kappa shape index (κ3) is 6.90. The van der Waals surface area contributed by atoms with Crippen LogP contribution in [0.2, 0.25) is 0 Å². The van der Waals surface area contributed by atoms with E-state index in [0.29, 0.717) is 6.54 Å². The van der Waals surface area contributed by atoms with E-state index in [1.807, 2.05) is 13.8 Å². The number of hydrogen-bond donors (Lipinski definition) is 2. The second-order valence-electron chi connectivity index (χ2n) is 5.15. The number of carbonyl (C=O) groups is 1. The van der Waals surface area contributed by atoms with Gasteiger partial charge in [-0.2, -0.15) is 0 Å². The number of halogens is 1. The summed E-state index contributed by atoms with van der Waals surface area (Å²) < 4.78 is -0.514. The highest BCUT2D eigenvalue weighted by Gasteiger charge is 2.25. The maximum Gasteiger partial charge on any atom is 0.236 e. The van der Waals surface area contributed by atoms with Crippen LogP contribution in [0.1, 0.15) is 40.5 Å². The summed E-state index contributed by atoms with van der Waals surface area (Å²) in [6.45, 7) is 8.67. The average Bonchev–Trinajstić information content (AvgIpc) is 2.09. The van der Waals surface area contributed by atoms with Gasteiger partial charge in [0.2, 0.25) is 5.91 Å². The van der Waals surface area contributed by atoms with Crippen LogP contribution in [0.25, 0.3) is 0 Å². The zero-order chi connectivity index (χ0) is 12.1. The van der Waals surface area contributed by atoms with Gasteiger partial charge in [-0.25, -0.2) is 0 Å². The third-order valence-electron chi connectivity index (χ3n) is 2.28. The van der Waals surface area contributed by atoms with Crippen LogP contribution in [-0.2, 0) is 4.79 Å². The molecule has 0 aliphatic rings. The first-order valence-corrected chi connectivity index (χ1v) is 6.06. The fourth-order valence-electron chi connectivity index (χ4n) is 1.18. The first-order valence-electron chi connectivity index (χ1n) is 5.27. The summed E-state index contributed by atoms with van der Waals surface area (Å²) in [5.41, 5.74) is 0.0383. The van der Waals surface area contributed by atoms with Gasteiger partial charge >= 0.3 is 0 Å². The van der Waals surface area contributed by atoms with E-state index >= 15 is 0 Å². The Kier molecular flexibility index (Phi) is 5.81. The van der Waals surface area contributed by atoms with E-state index in [1.54, 1.807) is 0 Å². The van der Waals surface area contributed by atoms with Crippen molar-refractivity contribution in [2.45, 2.75) is 44.9 Å². The highest BCUT2D eigenvalue weighted by molar-refractivity contribution is 9.10. The molecule has 1 amide bonds. The molecule has 0 heterocycles. The van der Waals surface area contributed by atoms with Crippen molar-refractivity contribution < 1.29 is 9.90 Å². The second kappa shape index (κ2) is 5.85. The number of hydrogen-bond acceptors (Lipinski definition) is 2. The lowest BCUT2D eigenvalue weighted by molar-refractivity contribution is -0.122. The van der Waals surface area contributed by atoms with Crippen molar-refractivity contribution in [3.63, 3.8) is 0 Å². The van der Waals surface area contributed by atoms with Gasteiger partial charge in [-0.05, 0) is 32.1 Å². The number of aliphatic hydroxyl groups is 1. The predicted molar refractivity (Wildman–Crippen MR) is 66.1 cm³/mol. The molecule has 3 nitrogen and oxygen atoms in total. The fraction of sp³-hybridized carbons (Fsp3) is 0.909. The lowest BCUT2D eigenvalue weighted by Gasteiger charge is -2.26. The van der Waals surface area contributed by atoms with E-state index in [1.165, 1.54) is 0 Å². The number of aliphatic hydroxyl groups excluding tert-OH is 1. The van der Waals surface area contributed by atoms with Gasteiger partial charge in [0.15, 0.2) is 0 Å². The predicted octanol–water partition coefficient (Wildman–Crippen LogP) is 2.07. The zero-order valence-electron chi connectivity index (χ0n) is 10.1. The van der Waals surface area contributed by atoms with Crippen molar-refractivity contribution in [3.8, 4) is 0 Å². The Morgan fingerprint density at radius 2 is 1.87 bits per heavy atom. The first kappa shape index (κ1) is 14.9. The van der Waals surface area contributed by atoms with Crippen molar-refractivity contribution in [1.82, 2.24) is 5.32 Å². The van der Waals surface area contributed by atoms with Crippen molar-refractivity contribution in [1.29, 1.82) is 0 Å². The maximum atomic E-state index is 11.6. The molecule has 4 heteroatoms. The van der Waals surface area contributed by atoms with E-state index in [0.717, 1.165) is 12.8 Å². The van der Waals surface area contributed by atoms with Crippen LogP contribution in [0, 0.1) is 5.41 Å². The minimum Gasteiger partial charge on any atom is -0.396 e. The molecule has 0 aliphatic heterocycles. The Morgan fingerprint density at radius 1 is 1.33 bits per heavy atom. The van der Waals surface area contributed by atoms with Gasteiger partial charge in [0, 0.05) is 13.2 Å². The minimum atomic E-state index is -0.514. The molecule has 0 aromatic carbocycles. The van der Waals surface area contributed by atoms with Gasteiger partial charge in [0.25, 0.3) is 0 Å². The second-order valence-corrected chi connectivity index (χ2v) is 7.13. The summed E-state index contributed by atoms with van der Waals surface area (Å²) in [5, 5.41) is 11.6. The van der Waals surface area contributed by atoms with Crippen LogP contribution in [0.3, 0.4) is 0 Å². The molecule has 0 aromatic heterocycles. The number of amides is 1. The average molecular weight is 280 g/mol. The molecule has 0 fully saturated rings. The summed E-state index contributed by atoms with van der Waals surface area (Å²) in [6.07, 6.45) is 1.69. The third-order valence-corrected chi connectivity index (χ3v) is 2.64. The van der Waals surface area contributed by atoms with Crippen molar-refractivity contribution in [3.05, 3.63) is 0 Å². The Balaban J connectivity index is 3.98. The van der Waals surface area contributed by atoms with E-state index in [2.05, 4.69) is 35.1 Å². The lowest BCUT2D eigenvalue weighted by atomic mass is 9.88. The molecule has 0 unspecified atom stereocenters. The molecular formula is C11H22BrNO2. The molecule has 0 aromatic rings. The fourth-order valence-corrected chi connectivity index (χ4v) is 1.32.